The quantitative estimate of drug-likeness (QED) is 0.524. The van der Waals surface area contributed by atoms with Crippen LogP contribution in [0.15, 0.2) is 24.3 Å². The van der Waals surface area contributed by atoms with Crippen molar-refractivity contribution in [3.8, 4) is 0 Å². The van der Waals surface area contributed by atoms with Gasteiger partial charge in [-0.2, -0.15) is 0 Å². The molecule has 1 aliphatic heterocycles. The van der Waals surface area contributed by atoms with Gasteiger partial charge in [0.2, 0.25) is 0 Å². The van der Waals surface area contributed by atoms with E-state index in [4.69, 9.17) is 14.2 Å². The zero-order chi connectivity index (χ0) is 17.4. The molecule has 1 heterocycles. The van der Waals surface area contributed by atoms with Crippen molar-refractivity contribution in [1.29, 1.82) is 0 Å². The van der Waals surface area contributed by atoms with Crippen molar-refractivity contribution in [1.82, 2.24) is 0 Å². The van der Waals surface area contributed by atoms with Crippen LogP contribution in [-0.2, 0) is 28.6 Å². The monoisotopic (exact) mass is 326 g/mol. The van der Waals surface area contributed by atoms with Crippen LogP contribution in [0.5, 0.6) is 0 Å². The average molecular weight is 326 g/mol. The van der Waals surface area contributed by atoms with Gasteiger partial charge in [-0.1, -0.05) is 6.08 Å². The molecule has 0 unspecified atom stereocenters. The van der Waals surface area contributed by atoms with Crippen LogP contribution in [0, 0.1) is 0 Å². The molecule has 0 amide bonds. The minimum atomic E-state index is -1.15. The fourth-order valence-electron chi connectivity index (χ4n) is 1.81. The van der Waals surface area contributed by atoms with Crippen LogP contribution in [0.3, 0.4) is 0 Å². The highest BCUT2D eigenvalue weighted by molar-refractivity contribution is 5.83. The van der Waals surface area contributed by atoms with Crippen LogP contribution in [0.1, 0.15) is 33.6 Å². The molecule has 0 saturated carbocycles. The van der Waals surface area contributed by atoms with Crippen molar-refractivity contribution in [2.24, 2.45) is 0 Å². The maximum atomic E-state index is 11.7. The number of carbonyl (C=O) groups excluding carboxylic acids is 3. The van der Waals surface area contributed by atoms with E-state index in [1.165, 1.54) is 25.2 Å². The zero-order valence-corrected chi connectivity index (χ0v) is 13.4. The Morgan fingerprint density at radius 2 is 1.57 bits per heavy atom. The first-order valence-electron chi connectivity index (χ1n) is 7.41. The molecule has 128 valence electrons. The van der Waals surface area contributed by atoms with Crippen LogP contribution < -0.4 is 0 Å². The molecule has 0 aromatic heterocycles. The highest BCUT2D eigenvalue weighted by atomic mass is 16.6. The molecule has 4 atom stereocenters. The molecule has 1 N–H and O–H groups in total. The van der Waals surface area contributed by atoms with E-state index in [1.807, 2.05) is 0 Å². The number of ether oxygens (including phenoxy) is 3. The number of rotatable bonds is 0. The fourth-order valence-corrected chi connectivity index (χ4v) is 1.81. The third-order valence-corrected chi connectivity index (χ3v) is 3.04. The Labute approximate surface area is 134 Å². The average Bonchev–Trinajstić information content (AvgIpc) is 2.43. The lowest BCUT2D eigenvalue weighted by Crippen LogP contribution is -2.29. The number of aliphatic hydroxyl groups excluding tert-OH is 1. The molecule has 7 heteroatoms. The Morgan fingerprint density at radius 1 is 0.957 bits per heavy atom. The first kappa shape index (κ1) is 18.9. The molecule has 1 rings (SSSR count). The highest BCUT2D eigenvalue weighted by Gasteiger charge is 2.20. The molecule has 23 heavy (non-hydrogen) atoms. The summed E-state index contributed by atoms with van der Waals surface area (Å²) in [7, 11) is 0. The molecule has 0 bridgehead atoms. The number of hydrogen-bond acceptors (Lipinski definition) is 7. The van der Waals surface area contributed by atoms with E-state index in [1.54, 1.807) is 13.8 Å². The first-order valence-corrected chi connectivity index (χ1v) is 7.41. The van der Waals surface area contributed by atoms with E-state index < -0.39 is 42.3 Å². The summed E-state index contributed by atoms with van der Waals surface area (Å²) >= 11 is 0. The molecule has 7 nitrogen and oxygen atoms in total. The molecule has 0 aromatic rings. The third kappa shape index (κ3) is 7.60. The van der Waals surface area contributed by atoms with Gasteiger partial charge in [0.1, 0.15) is 24.4 Å². The lowest BCUT2D eigenvalue weighted by Gasteiger charge is -2.18. The van der Waals surface area contributed by atoms with Gasteiger partial charge in [0, 0.05) is 18.6 Å². The molecule has 0 spiro atoms. The van der Waals surface area contributed by atoms with Crippen molar-refractivity contribution < 1.29 is 33.7 Å². The number of carbonyl (C=O) groups is 3. The van der Waals surface area contributed by atoms with Crippen LogP contribution in [0.25, 0.3) is 0 Å². The third-order valence-electron chi connectivity index (χ3n) is 3.04. The minimum absolute atomic E-state index is 0.126. The second-order valence-electron chi connectivity index (χ2n) is 5.38. The molecular formula is C16H22O7. The molecule has 1 aliphatic rings. The standard InChI is InChI=1S/C16H22O7/c1-10-5-4-6-14(18)22-11(2)9-16(20)23-12(3)13(17)7-8-15(19)21-10/h4,6-8,10-13,17H,5,9H2,1-3H3/b6-4+,8-7+/t10-,11+,12-,13+/m0/s1. The molecule has 0 saturated heterocycles. The van der Waals surface area contributed by atoms with Crippen LogP contribution in [0.4, 0.5) is 0 Å². The van der Waals surface area contributed by atoms with Gasteiger partial charge in [-0.15, -0.1) is 0 Å². The summed E-state index contributed by atoms with van der Waals surface area (Å²) in [5.41, 5.74) is 0. The highest BCUT2D eigenvalue weighted by Crippen LogP contribution is 2.08. The van der Waals surface area contributed by atoms with Crippen molar-refractivity contribution in [2.45, 2.75) is 58.0 Å². The smallest absolute Gasteiger partial charge is 0.330 e. The Kier molecular flexibility index (Phi) is 7.47. The molecule has 0 aromatic carbocycles. The second-order valence-corrected chi connectivity index (χ2v) is 5.38. The first-order chi connectivity index (χ1) is 10.8. The van der Waals surface area contributed by atoms with E-state index in [0.29, 0.717) is 6.42 Å². The summed E-state index contributed by atoms with van der Waals surface area (Å²) in [5.74, 6) is -1.84. The normalized spacial score (nSPS) is 34.0. The lowest BCUT2D eigenvalue weighted by molar-refractivity contribution is -0.157. The van der Waals surface area contributed by atoms with Crippen LogP contribution in [-0.4, -0.2) is 47.4 Å². The fraction of sp³-hybridized carbons (Fsp3) is 0.562. The van der Waals surface area contributed by atoms with E-state index >= 15 is 0 Å². The lowest BCUT2D eigenvalue weighted by atomic mass is 10.2. The maximum absolute atomic E-state index is 11.7. The van der Waals surface area contributed by atoms with Crippen LogP contribution >= 0.6 is 0 Å². The maximum Gasteiger partial charge on any atom is 0.330 e. The van der Waals surface area contributed by atoms with Gasteiger partial charge in [0.15, 0.2) is 0 Å². The molecule has 0 aliphatic carbocycles. The van der Waals surface area contributed by atoms with Crippen molar-refractivity contribution >= 4 is 17.9 Å². The molecular weight excluding hydrogens is 304 g/mol. The largest absolute Gasteiger partial charge is 0.459 e. The second kappa shape index (κ2) is 9.09. The van der Waals surface area contributed by atoms with E-state index in [9.17, 15) is 19.5 Å². The minimum Gasteiger partial charge on any atom is -0.459 e. The zero-order valence-electron chi connectivity index (χ0n) is 13.4. The predicted molar refractivity (Wildman–Crippen MR) is 80.2 cm³/mol. The van der Waals surface area contributed by atoms with Gasteiger partial charge in [0.25, 0.3) is 0 Å². The van der Waals surface area contributed by atoms with Gasteiger partial charge in [0.05, 0.1) is 6.42 Å². The molecule has 0 radical (unpaired) electrons. The summed E-state index contributed by atoms with van der Waals surface area (Å²) in [6.07, 6.45) is 2.17. The number of cyclic esters (lactones) is 3. The van der Waals surface area contributed by atoms with Gasteiger partial charge in [-0.3, -0.25) is 4.79 Å². The van der Waals surface area contributed by atoms with Crippen molar-refractivity contribution in [3.63, 3.8) is 0 Å². The van der Waals surface area contributed by atoms with Gasteiger partial charge >= 0.3 is 17.9 Å². The Balaban J connectivity index is 2.82. The summed E-state index contributed by atoms with van der Waals surface area (Å²) in [4.78, 5) is 34.8. The Hall–Kier alpha value is -2.15. The van der Waals surface area contributed by atoms with Crippen molar-refractivity contribution in [3.05, 3.63) is 24.3 Å². The summed E-state index contributed by atoms with van der Waals surface area (Å²) in [6.45, 7) is 4.74. The van der Waals surface area contributed by atoms with Crippen LogP contribution in [0.2, 0.25) is 0 Å². The Bertz CT molecular complexity index is 495. The summed E-state index contributed by atoms with van der Waals surface area (Å²) in [5, 5.41) is 9.83. The van der Waals surface area contributed by atoms with E-state index in [0.717, 1.165) is 6.08 Å². The van der Waals surface area contributed by atoms with Crippen molar-refractivity contribution in [2.75, 3.05) is 0 Å². The Morgan fingerprint density at radius 3 is 2.26 bits per heavy atom. The summed E-state index contributed by atoms with van der Waals surface area (Å²) in [6, 6.07) is 0. The summed E-state index contributed by atoms with van der Waals surface area (Å²) < 4.78 is 15.1. The SMILES string of the molecule is C[C@@H]1CC(=O)O[C@@H](C)[C@H](O)/C=C/C(=O)O[C@@H](C)C/C=C/C(=O)O1. The van der Waals surface area contributed by atoms with Gasteiger partial charge < -0.3 is 19.3 Å². The number of esters is 3. The predicted octanol–water partition coefficient (Wildman–Crippen LogP) is 1.05. The number of hydrogen-bond donors (Lipinski definition) is 1. The molecule has 0 fully saturated rings. The van der Waals surface area contributed by atoms with E-state index in [2.05, 4.69) is 0 Å². The number of aliphatic hydroxyl groups is 1. The van der Waals surface area contributed by atoms with Gasteiger partial charge in [-0.25, -0.2) is 9.59 Å². The topological polar surface area (TPSA) is 99.1 Å². The van der Waals surface area contributed by atoms with E-state index in [-0.39, 0.29) is 6.42 Å². The van der Waals surface area contributed by atoms with Gasteiger partial charge in [-0.05, 0) is 26.8 Å².